The maximum absolute atomic E-state index is 14.8. The molecule has 1 aromatic carbocycles. The summed E-state index contributed by atoms with van der Waals surface area (Å²) in [6.07, 6.45) is 6.20. The van der Waals surface area contributed by atoms with Crippen LogP contribution in [-0.4, -0.2) is 74.7 Å². The predicted octanol–water partition coefficient (Wildman–Crippen LogP) is 5.13. The molecule has 3 fully saturated rings. The van der Waals surface area contributed by atoms with Gasteiger partial charge in [0.15, 0.2) is 5.67 Å². The lowest BCUT2D eigenvalue weighted by Crippen LogP contribution is -2.41. The lowest BCUT2D eigenvalue weighted by Gasteiger charge is -2.36. The highest BCUT2D eigenvalue weighted by atomic mass is 35.5. The first-order valence-electron chi connectivity index (χ1n) is 13.3. The molecule has 2 saturated heterocycles. The van der Waals surface area contributed by atoms with Crippen LogP contribution in [0.25, 0.3) is 0 Å². The van der Waals surface area contributed by atoms with Crippen LogP contribution in [0.3, 0.4) is 0 Å². The molecule has 8 nitrogen and oxygen atoms in total. The molecule has 1 aliphatic carbocycles. The van der Waals surface area contributed by atoms with Crippen molar-refractivity contribution in [3.05, 3.63) is 50.9 Å². The van der Waals surface area contributed by atoms with Crippen molar-refractivity contribution in [3.8, 4) is 0 Å². The van der Waals surface area contributed by atoms with Crippen LogP contribution in [0.1, 0.15) is 44.6 Å². The predicted molar refractivity (Wildman–Crippen MR) is 149 cm³/mol. The van der Waals surface area contributed by atoms with Crippen molar-refractivity contribution in [2.45, 2.75) is 56.3 Å². The Hall–Kier alpha value is -1.91. The zero-order valence-electron chi connectivity index (χ0n) is 21.8. The fourth-order valence-electron chi connectivity index (χ4n) is 5.06. The molecular weight excluding hydrogens is 534 g/mol. The molecule has 0 bridgehead atoms. The maximum Gasteiger partial charge on any atom is 0.287 e. The summed E-state index contributed by atoms with van der Waals surface area (Å²) < 4.78 is 31.4. The molecule has 210 valence electrons. The third kappa shape index (κ3) is 7.82. The summed E-state index contributed by atoms with van der Waals surface area (Å²) in [5.74, 6) is 0. The molecule has 0 amide bonds. The second-order valence-corrected chi connectivity index (χ2v) is 10.9. The zero-order valence-corrected chi connectivity index (χ0v) is 23.4. The van der Waals surface area contributed by atoms with E-state index in [1.54, 1.807) is 0 Å². The van der Waals surface area contributed by atoms with Crippen LogP contribution in [-0.2, 0) is 14.2 Å². The van der Waals surface area contributed by atoms with E-state index in [1.165, 1.54) is 10.9 Å². The van der Waals surface area contributed by atoms with E-state index < -0.39 is 5.67 Å². The van der Waals surface area contributed by atoms with Gasteiger partial charge in [-0.1, -0.05) is 23.2 Å². The number of anilines is 2. The van der Waals surface area contributed by atoms with Crippen molar-refractivity contribution < 1.29 is 18.6 Å². The molecule has 0 spiro atoms. The van der Waals surface area contributed by atoms with Gasteiger partial charge in [0.1, 0.15) is 5.02 Å². The molecule has 2 aliphatic heterocycles. The summed E-state index contributed by atoms with van der Waals surface area (Å²) in [6.45, 7) is 3.79. The summed E-state index contributed by atoms with van der Waals surface area (Å²) in [7, 11) is 2.09. The van der Waals surface area contributed by atoms with Gasteiger partial charge < -0.3 is 24.4 Å². The topological polar surface area (TPSA) is 77.8 Å². The zero-order chi connectivity index (χ0) is 27.0. The first kappa shape index (κ1) is 29.1. The average molecular weight is 572 g/mol. The monoisotopic (exact) mass is 570 g/mol. The number of aromatic nitrogens is 2. The molecule has 11 heteroatoms. The summed E-state index contributed by atoms with van der Waals surface area (Å²) in [5, 5.41) is 8.10. The Balaban J connectivity index is 0.000000494. The number of hydrogen-bond acceptors (Lipinski definition) is 7. The maximum atomic E-state index is 14.8. The normalized spacial score (nSPS) is 25.7. The summed E-state index contributed by atoms with van der Waals surface area (Å²) >= 11 is 12.3. The van der Waals surface area contributed by atoms with Gasteiger partial charge in [-0.3, -0.25) is 4.79 Å². The van der Waals surface area contributed by atoms with Gasteiger partial charge in [-0.2, -0.15) is 5.10 Å². The molecule has 3 aliphatic rings. The van der Waals surface area contributed by atoms with Crippen LogP contribution in [0.4, 0.5) is 15.8 Å². The molecule has 1 aromatic heterocycles. The number of ether oxygens (including phenoxy) is 3. The van der Waals surface area contributed by atoms with Crippen molar-refractivity contribution in [2.24, 2.45) is 0 Å². The van der Waals surface area contributed by atoms with Gasteiger partial charge in [-0.15, -0.1) is 0 Å². The van der Waals surface area contributed by atoms with E-state index in [4.69, 9.17) is 37.4 Å². The van der Waals surface area contributed by atoms with Gasteiger partial charge >= 0.3 is 0 Å². The van der Waals surface area contributed by atoms with Crippen molar-refractivity contribution in [3.63, 3.8) is 0 Å². The summed E-state index contributed by atoms with van der Waals surface area (Å²) in [6, 6.07) is 8.22. The highest BCUT2D eigenvalue weighted by Gasteiger charge is 2.33. The Morgan fingerprint density at radius 1 is 1.05 bits per heavy atom. The quantitative estimate of drug-likeness (QED) is 0.515. The van der Waals surface area contributed by atoms with E-state index in [2.05, 4.69) is 22.4 Å². The minimum absolute atomic E-state index is 0.00294. The van der Waals surface area contributed by atoms with Crippen molar-refractivity contribution in [2.75, 3.05) is 63.5 Å². The fraction of sp³-hybridized carbons (Fsp3) is 0.630. The molecular formula is C27H37Cl2FN4O4. The number of nitrogens with zero attached hydrogens (tertiary/aromatic N) is 3. The van der Waals surface area contributed by atoms with E-state index in [-0.39, 0.29) is 29.8 Å². The van der Waals surface area contributed by atoms with Crippen LogP contribution in [0, 0.1) is 0 Å². The molecule has 1 saturated carbocycles. The van der Waals surface area contributed by atoms with Crippen LogP contribution < -0.4 is 15.8 Å². The second kappa shape index (κ2) is 13.9. The van der Waals surface area contributed by atoms with Gasteiger partial charge in [0.05, 0.1) is 57.5 Å². The first-order chi connectivity index (χ1) is 18.4. The average Bonchev–Trinajstić information content (AvgIpc) is 2.96. The van der Waals surface area contributed by atoms with Crippen molar-refractivity contribution >= 4 is 34.6 Å². The number of alkyl halides is 1. The van der Waals surface area contributed by atoms with E-state index in [0.29, 0.717) is 31.2 Å². The SMILES string of the molecule is C1COCCO1.CN(c1ccc(Cl)cc1)C1CCC(n2ncc(NCC3(F)CCCOC3)c(Cl)c2=O)CC1. The van der Waals surface area contributed by atoms with E-state index in [0.717, 1.165) is 62.8 Å². The largest absolute Gasteiger partial charge is 0.379 e. The van der Waals surface area contributed by atoms with Crippen molar-refractivity contribution in [1.82, 2.24) is 9.78 Å². The van der Waals surface area contributed by atoms with Gasteiger partial charge in [0.25, 0.3) is 5.56 Å². The van der Waals surface area contributed by atoms with E-state index in [9.17, 15) is 9.18 Å². The lowest BCUT2D eigenvalue weighted by molar-refractivity contribution is -0.0334. The summed E-state index contributed by atoms with van der Waals surface area (Å²) in [4.78, 5) is 15.1. The van der Waals surface area contributed by atoms with Gasteiger partial charge in [-0.05, 0) is 62.8 Å². The molecule has 38 heavy (non-hydrogen) atoms. The molecule has 0 radical (unpaired) electrons. The van der Waals surface area contributed by atoms with Crippen LogP contribution >= 0.6 is 23.2 Å². The lowest BCUT2D eigenvalue weighted by atomic mass is 9.90. The molecule has 1 atom stereocenters. The smallest absolute Gasteiger partial charge is 0.287 e. The Labute approximate surface area is 233 Å². The number of halogens is 3. The Morgan fingerprint density at radius 3 is 2.29 bits per heavy atom. The number of hydrogen-bond donors (Lipinski definition) is 1. The highest BCUT2D eigenvalue weighted by molar-refractivity contribution is 6.33. The number of rotatable bonds is 6. The number of benzene rings is 1. The molecule has 2 aromatic rings. The minimum Gasteiger partial charge on any atom is -0.379 e. The van der Waals surface area contributed by atoms with Crippen LogP contribution in [0.5, 0.6) is 0 Å². The molecule has 3 heterocycles. The van der Waals surface area contributed by atoms with Crippen LogP contribution in [0.15, 0.2) is 35.3 Å². The van der Waals surface area contributed by atoms with Gasteiger partial charge in [0, 0.05) is 30.4 Å². The fourth-order valence-corrected chi connectivity index (χ4v) is 5.38. The third-order valence-corrected chi connectivity index (χ3v) is 7.97. The van der Waals surface area contributed by atoms with Crippen molar-refractivity contribution in [1.29, 1.82) is 0 Å². The van der Waals surface area contributed by atoms with Crippen LogP contribution in [0.2, 0.25) is 10.0 Å². The standard InChI is InChI=1S/C23H29Cl2FN4O2.C4H8O2/c1-29(17-5-3-16(24)4-6-17)18-7-9-19(10-8-18)30-22(31)21(25)20(13-28-30)27-14-23(26)11-2-12-32-15-23;1-2-6-4-3-5-1/h3-6,13,18-19,27H,2,7-12,14-15H2,1H3;1-4H2. The van der Waals surface area contributed by atoms with Gasteiger partial charge in [-0.25, -0.2) is 9.07 Å². The van der Waals surface area contributed by atoms with Gasteiger partial charge in [0.2, 0.25) is 0 Å². The first-order valence-corrected chi connectivity index (χ1v) is 14.0. The number of nitrogens with one attached hydrogen (secondary N) is 1. The Bertz CT molecular complexity index is 1060. The minimum atomic E-state index is -1.45. The Kier molecular flexibility index (Phi) is 10.7. The van der Waals surface area contributed by atoms with E-state index in [1.807, 2.05) is 24.3 Å². The highest BCUT2D eigenvalue weighted by Crippen LogP contribution is 2.33. The molecule has 1 unspecified atom stereocenters. The third-order valence-electron chi connectivity index (χ3n) is 7.35. The summed E-state index contributed by atoms with van der Waals surface area (Å²) in [5.41, 5.74) is -0.295. The van der Waals surface area contributed by atoms with E-state index >= 15 is 0 Å². The Morgan fingerprint density at radius 2 is 1.71 bits per heavy atom. The second-order valence-electron chi connectivity index (χ2n) is 10.1. The molecule has 1 N–H and O–H groups in total. The molecule has 5 rings (SSSR count).